The van der Waals surface area contributed by atoms with Gasteiger partial charge in [-0.25, -0.2) is 9.78 Å². The minimum atomic E-state index is -1.27. The van der Waals surface area contributed by atoms with E-state index in [1.165, 1.54) is 16.8 Å². The highest BCUT2D eigenvalue weighted by atomic mass is 16.5. The molecule has 11 nitrogen and oxygen atoms in total. The number of aromatic amines is 2. The summed E-state index contributed by atoms with van der Waals surface area (Å²) >= 11 is 0. The number of amides is 1. The first-order valence-corrected chi connectivity index (χ1v) is 12.1. The van der Waals surface area contributed by atoms with Crippen LogP contribution in [0.1, 0.15) is 43.6 Å². The van der Waals surface area contributed by atoms with Crippen molar-refractivity contribution in [3.8, 4) is 0 Å². The fourth-order valence-corrected chi connectivity index (χ4v) is 5.18. The summed E-state index contributed by atoms with van der Waals surface area (Å²) < 4.78 is 13.1. The molecule has 2 fully saturated rings. The molecule has 36 heavy (non-hydrogen) atoms. The Bertz CT molecular complexity index is 1380. The molecular formula is C25H31N5O6. The average molecular weight is 498 g/mol. The lowest BCUT2D eigenvalue weighted by atomic mass is 9.77. The van der Waals surface area contributed by atoms with Crippen LogP contribution in [0.3, 0.4) is 0 Å². The van der Waals surface area contributed by atoms with Crippen molar-refractivity contribution in [2.24, 2.45) is 0 Å². The third kappa shape index (κ3) is 4.86. The number of H-pyrrole nitrogens is 2. The molecular weight excluding hydrogens is 466 g/mol. The van der Waals surface area contributed by atoms with Gasteiger partial charge in [-0.2, -0.15) is 0 Å². The fraction of sp³-hybridized carbons (Fsp3) is 0.520. The Morgan fingerprint density at radius 3 is 2.78 bits per heavy atom. The lowest BCUT2D eigenvalue weighted by molar-refractivity contribution is -0.202. The van der Waals surface area contributed by atoms with Gasteiger partial charge in [-0.3, -0.25) is 19.1 Å². The molecule has 0 aliphatic carbocycles. The second-order valence-corrected chi connectivity index (χ2v) is 10.1. The number of hydrogen-bond acceptors (Lipinski definition) is 7. The van der Waals surface area contributed by atoms with Gasteiger partial charge >= 0.3 is 5.69 Å². The van der Waals surface area contributed by atoms with E-state index in [4.69, 9.17) is 9.47 Å². The van der Waals surface area contributed by atoms with Crippen molar-refractivity contribution in [2.75, 3.05) is 26.3 Å². The van der Waals surface area contributed by atoms with E-state index < -0.39 is 28.5 Å². The van der Waals surface area contributed by atoms with Crippen molar-refractivity contribution in [2.45, 2.75) is 57.0 Å². The molecule has 1 spiro atoms. The number of ether oxygens (including phenoxy) is 2. The highest BCUT2D eigenvalue weighted by molar-refractivity contribution is 5.77. The molecule has 4 heterocycles. The molecule has 2 aromatic heterocycles. The lowest BCUT2D eigenvalue weighted by Gasteiger charge is -2.51. The molecule has 2 aliphatic heterocycles. The monoisotopic (exact) mass is 497 g/mol. The molecule has 0 saturated carbocycles. The Labute approximate surface area is 207 Å². The Kier molecular flexibility index (Phi) is 6.31. The molecule has 1 aromatic carbocycles. The highest BCUT2D eigenvalue weighted by Crippen LogP contribution is 2.43. The summed E-state index contributed by atoms with van der Waals surface area (Å²) in [6.45, 7) is 4.84. The maximum atomic E-state index is 12.8. The van der Waals surface area contributed by atoms with Crippen LogP contribution in [0.15, 0.2) is 40.1 Å². The molecule has 2 aliphatic rings. The summed E-state index contributed by atoms with van der Waals surface area (Å²) in [7, 11) is 0. The van der Waals surface area contributed by atoms with Crippen molar-refractivity contribution in [1.82, 2.24) is 24.4 Å². The number of aryl methyl sites for hydroxylation is 1. The molecule has 2 saturated heterocycles. The molecule has 3 N–H and O–H groups in total. The first-order chi connectivity index (χ1) is 17.1. The normalized spacial score (nSPS) is 23.9. The number of aliphatic hydroxyl groups is 1. The van der Waals surface area contributed by atoms with Crippen LogP contribution in [-0.4, -0.2) is 72.9 Å². The van der Waals surface area contributed by atoms with Gasteiger partial charge in [0.2, 0.25) is 5.91 Å². The number of nitrogens with one attached hydrogen (secondary N) is 2. The summed E-state index contributed by atoms with van der Waals surface area (Å²) in [6.07, 6.45) is 2.97. The Hall–Kier alpha value is -3.28. The number of benzene rings is 1. The SMILES string of the molecule is Cc1ccc2nc(COCC(=O)N3CCC4(CC3)C[C@H](n3ccc(=O)[nH]c3=O)[C@@](C)(O)CO4)[nH]c2c1. The third-order valence-corrected chi connectivity index (χ3v) is 7.32. The topological polar surface area (TPSA) is 143 Å². The Morgan fingerprint density at radius 2 is 2.03 bits per heavy atom. The lowest BCUT2D eigenvalue weighted by Crippen LogP contribution is -2.59. The van der Waals surface area contributed by atoms with Crippen molar-refractivity contribution < 1.29 is 19.4 Å². The molecule has 3 aromatic rings. The van der Waals surface area contributed by atoms with Crippen molar-refractivity contribution in [3.63, 3.8) is 0 Å². The number of imidazole rings is 1. The maximum Gasteiger partial charge on any atom is 0.328 e. The molecule has 0 unspecified atom stereocenters. The molecule has 0 radical (unpaired) electrons. The van der Waals surface area contributed by atoms with Gasteiger partial charge in [0.1, 0.15) is 24.6 Å². The fourth-order valence-electron chi connectivity index (χ4n) is 5.18. The van der Waals surface area contributed by atoms with E-state index in [-0.39, 0.29) is 25.7 Å². The van der Waals surface area contributed by atoms with Gasteiger partial charge in [0, 0.05) is 31.8 Å². The first kappa shape index (κ1) is 24.4. The van der Waals surface area contributed by atoms with Crippen LogP contribution in [0, 0.1) is 6.92 Å². The number of likely N-dealkylation sites (tertiary alicyclic amines) is 1. The van der Waals surface area contributed by atoms with Crippen molar-refractivity contribution in [1.29, 1.82) is 0 Å². The average Bonchev–Trinajstić information content (AvgIpc) is 3.23. The van der Waals surface area contributed by atoms with E-state index in [0.717, 1.165) is 16.6 Å². The van der Waals surface area contributed by atoms with Crippen LogP contribution in [0.4, 0.5) is 0 Å². The largest absolute Gasteiger partial charge is 0.386 e. The van der Waals surface area contributed by atoms with E-state index in [9.17, 15) is 19.5 Å². The van der Waals surface area contributed by atoms with E-state index in [0.29, 0.717) is 38.2 Å². The number of fused-ring (bicyclic) bond motifs is 1. The molecule has 5 rings (SSSR count). The standard InChI is InChI=1S/C25H31N5O6/c1-16-3-4-17-18(11-16)27-20(26-17)13-35-14-22(32)29-9-6-25(7-10-29)12-19(24(2,34)15-36-25)30-8-5-21(31)28-23(30)33/h3-5,8,11,19,34H,6-7,9-10,12-15H2,1-2H3,(H,26,27)(H,28,31,33)/t19-,24-/m0/s1. The number of hydrogen-bond donors (Lipinski definition) is 3. The van der Waals surface area contributed by atoms with Crippen LogP contribution in [-0.2, 0) is 20.9 Å². The quantitative estimate of drug-likeness (QED) is 0.477. The highest BCUT2D eigenvalue weighted by Gasteiger charge is 2.49. The van der Waals surface area contributed by atoms with Gasteiger partial charge in [-0.1, -0.05) is 6.07 Å². The first-order valence-electron chi connectivity index (χ1n) is 12.1. The summed E-state index contributed by atoms with van der Waals surface area (Å²) in [4.78, 5) is 48.3. The number of carbonyl (C=O) groups excluding carboxylic acids is 1. The van der Waals surface area contributed by atoms with Crippen LogP contribution in [0.5, 0.6) is 0 Å². The summed E-state index contributed by atoms with van der Waals surface area (Å²) in [5.74, 6) is 0.570. The summed E-state index contributed by atoms with van der Waals surface area (Å²) in [5, 5.41) is 10.9. The zero-order valence-electron chi connectivity index (χ0n) is 20.5. The van der Waals surface area contributed by atoms with Crippen LogP contribution in [0.2, 0.25) is 0 Å². The number of nitrogens with zero attached hydrogens (tertiary/aromatic N) is 3. The Balaban J connectivity index is 1.17. The predicted molar refractivity (Wildman–Crippen MR) is 131 cm³/mol. The van der Waals surface area contributed by atoms with Gasteiger partial charge in [-0.05, 0) is 44.4 Å². The second kappa shape index (κ2) is 9.30. The molecule has 192 valence electrons. The van der Waals surface area contributed by atoms with Gasteiger partial charge in [-0.15, -0.1) is 0 Å². The molecule has 0 bridgehead atoms. The Morgan fingerprint density at radius 1 is 1.25 bits per heavy atom. The van der Waals surface area contributed by atoms with Gasteiger partial charge in [0.05, 0.1) is 29.3 Å². The molecule has 2 atom stereocenters. The third-order valence-electron chi connectivity index (χ3n) is 7.32. The molecule has 11 heteroatoms. The van der Waals surface area contributed by atoms with Gasteiger partial charge in [0.25, 0.3) is 5.56 Å². The zero-order chi connectivity index (χ0) is 25.5. The van der Waals surface area contributed by atoms with E-state index >= 15 is 0 Å². The van der Waals surface area contributed by atoms with E-state index in [1.54, 1.807) is 11.8 Å². The number of aromatic nitrogens is 4. The maximum absolute atomic E-state index is 12.8. The van der Waals surface area contributed by atoms with Gasteiger partial charge < -0.3 is 24.5 Å². The van der Waals surface area contributed by atoms with E-state index in [1.807, 2.05) is 25.1 Å². The van der Waals surface area contributed by atoms with Crippen LogP contribution < -0.4 is 11.2 Å². The predicted octanol–water partition coefficient (Wildman–Crippen LogP) is 1.01. The summed E-state index contributed by atoms with van der Waals surface area (Å²) in [6, 6.07) is 6.68. The number of piperidine rings is 1. The number of rotatable bonds is 5. The smallest absolute Gasteiger partial charge is 0.328 e. The second-order valence-electron chi connectivity index (χ2n) is 10.1. The zero-order valence-corrected chi connectivity index (χ0v) is 20.5. The molecule has 1 amide bonds. The minimum Gasteiger partial charge on any atom is -0.386 e. The minimum absolute atomic E-state index is 0.0476. The van der Waals surface area contributed by atoms with Crippen LogP contribution in [0.25, 0.3) is 11.0 Å². The van der Waals surface area contributed by atoms with Crippen LogP contribution >= 0.6 is 0 Å². The number of carbonyl (C=O) groups is 1. The van der Waals surface area contributed by atoms with E-state index in [2.05, 4.69) is 15.0 Å². The van der Waals surface area contributed by atoms with Gasteiger partial charge in [0.15, 0.2) is 0 Å². The van der Waals surface area contributed by atoms with Crippen molar-refractivity contribution in [3.05, 3.63) is 62.7 Å². The van der Waals surface area contributed by atoms with Crippen molar-refractivity contribution >= 4 is 16.9 Å². The summed E-state index contributed by atoms with van der Waals surface area (Å²) in [5.41, 5.74) is 0.0576.